The third-order valence-electron chi connectivity index (χ3n) is 2.91. The highest BCUT2D eigenvalue weighted by molar-refractivity contribution is 7.80. The van der Waals surface area contributed by atoms with Crippen LogP contribution in [0.15, 0.2) is 0 Å². The second kappa shape index (κ2) is 2.42. The first-order chi connectivity index (χ1) is 4.81. The minimum absolute atomic E-state index is 0.974. The molecule has 2 aliphatic rings. The molecule has 58 valence electrons. The fourth-order valence-electron chi connectivity index (χ4n) is 2.08. The largest absolute Gasteiger partial charge is 0.306 e. The highest BCUT2D eigenvalue weighted by Gasteiger charge is 2.45. The van der Waals surface area contributed by atoms with E-state index in [1.807, 2.05) is 0 Å². The standard InChI is InChI=1S/C8H15NS/c1-9-3-7(4-9)8-2-6(8)5-10/h6-8,10H,2-5H2,1H3. The summed E-state index contributed by atoms with van der Waals surface area (Å²) in [6.07, 6.45) is 1.46. The van der Waals surface area contributed by atoms with Crippen LogP contribution in [0.1, 0.15) is 6.42 Å². The van der Waals surface area contributed by atoms with E-state index in [0.29, 0.717) is 0 Å². The predicted molar refractivity (Wildman–Crippen MR) is 46.4 cm³/mol. The first-order valence-electron chi connectivity index (χ1n) is 4.10. The van der Waals surface area contributed by atoms with Gasteiger partial charge in [-0.25, -0.2) is 0 Å². The van der Waals surface area contributed by atoms with Gasteiger partial charge in [0.15, 0.2) is 0 Å². The van der Waals surface area contributed by atoms with Crippen molar-refractivity contribution in [3.63, 3.8) is 0 Å². The Labute approximate surface area is 68.2 Å². The van der Waals surface area contributed by atoms with Crippen LogP contribution in [-0.2, 0) is 0 Å². The quantitative estimate of drug-likeness (QED) is 0.588. The molecule has 0 aromatic rings. The Morgan fingerprint density at radius 2 is 2.20 bits per heavy atom. The van der Waals surface area contributed by atoms with Crippen molar-refractivity contribution in [1.82, 2.24) is 4.90 Å². The Balaban J connectivity index is 1.73. The van der Waals surface area contributed by atoms with Crippen molar-refractivity contribution >= 4 is 12.6 Å². The van der Waals surface area contributed by atoms with Crippen molar-refractivity contribution in [3.8, 4) is 0 Å². The van der Waals surface area contributed by atoms with Crippen LogP contribution >= 0.6 is 12.6 Å². The van der Waals surface area contributed by atoms with Crippen LogP contribution in [0.3, 0.4) is 0 Å². The highest BCUT2D eigenvalue weighted by Crippen LogP contribution is 2.47. The Morgan fingerprint density at radius 1 is 1.50 bits per heavy atom. The summed E-state index contributed by atoms with van der Waals surface area (Å²) in [5, 5.41) is 0. The Hall–Kier alpha value is 0.310. The molecule has 2 fully saturated rings. The lowest BCUT2D eigenvalue weighted by atomic mass is 9.94. The maximum atomic E-state index is 4.30. The third-order valence-corrected chi connectivity index (χ3v) is 3.38. The smallest absolute Gasteiger partial charge is 0.00217 e. The lowest BCUT2D eigenvalue weighted by Crippen LogP contribution is -2.45. The van der Waals surface area contributed by atoms with Crippen LogP contribution < -0.4 is 0 Å². The zero-order valence-electron chi connectivity index (χ0n) is 6.45. The first-order valence-corrected chi connectivity index (χ1v) is 4.74. The van der Waals surface area contributed by atoms with Gasteiger partial charge in [-0.3, -0.25) is 0 Å². The molecule has 1 aliphatic carbocycles. The van der Waals surface area contributed by atoms with Crippen molar-refractivity contribution in [3.05, 3.63) is 0 Å². The Morgan fingerprint density at radius 3 is 2.60 bits per heavy atom. The number of likely N-dealkylation sites (tertiary alicyclic amines) is 1. The molecule has 2 rings (SSSR count). The van der Waals surface area contributed by atoms with Crippen LogP contribution in [0.4, 0.5) is 0 Å². The van der Waals surface area contributed by atoms with Crippen LogP contribution in [-0.4, -0.2) is 30.8 Å². The molecule has 1 nitrogen and oxygen atoms in total. The van der Waals surface area contributed by atoms with E-state index in [1.54, 1.807) is 0 Å². The van der Waals surface area contributed by atoms with Gasteiger partial charge in [0.05, 0.1) is 0 Å². The van der Waals surface area contributed by atoms with Crippen molar-refractivity contribution < 1.29 is 0 Å². The summed E-state index contributed by atoms with van der Waals surface area (Å²) in [4.78, 5) is 2.40. The summed E-state index contributed by atoms with van der Waals surface area (Å²) in [6, 6.07) is 0. The summed E-state index contributed by atoms with van der Waals surface area (Å²) in [6.45, 7) is 2.68. The molecule has 0 aromatic heterocycles. The lowest BCUT2D eigenvalue weighted by Gasteiger charge is -2.36. The van der Waals surface area contributed by atoms with Crippen LogP contribution in [0.25, 0.3) is 0 Å². The van der Waals surface area contributed by atoms with Crippen molar-refractivity contribution in [2.75, 3.05) is 25.9 Å². The lowest BCUT2D eigenvalue weighted by molar-refractivity contribution is 0.113. The van der Waals surface area contributed by atoms with Crippen LogP contribution in [0.2, 0.25) is 0 Å². The van der Waals surface area contributed by atoms with Gasteiger partial charge >= 0.3 is 0 Å². The monoisotopic (exact) mass is 157 g/mol. The van der Waals surface area contributed by atoms with E-state index in [2.05, 4.69) is 24.6 Å². The molecule has 1 aliphatic heterocycles. The van der Waals surface area contributed by atoms with Crippen molar-refractivity contribution in [1.29, 1.82) is 0 Å². The summed E-state index contributed by atoms with van der Waals surface area (Å²) < 4.78 is 0. The Kier molecular flexibility index (Phi) is 1.69. The fraction of sp³-hybridized carbons (Fsp3) is 1.00. The second-order valence-electron chi connectivity index (χ2n) is 3.82. The van der Waals surface area contributed by atoms with Gasteiger partial charge in [-0.2, -0.15) is 12.6 Å². The maximum Gasteiger partial charge on any atom is 0.00217 e. The average molecular weight is 157 g/mol. The Bertz CT molecular complexity index is 131. The summed E-state index contributed by atoms with van der Waals surface area (Å²) in [5.41, 5.74) is 0. The van der Waals surface area contributed by atoms with E-state index in [1.165, 1.54) is 19.5 Å². The zero-order chi connectivity index (χ0) is 7.14. The molecule has 0 aromatic carbocycles. The van der Waals surface area contributed by atoms with E-state index in [4.69, 9.17) is 0 Å². The molecule has 2 atom stereocenters. The van der Waals surface area contributed by atoms with E-state index < -0.39 is 0 Å². The molecule has 0 N–H and O–H groups in total. The van der Waals surface area contributed by atoms with Crippen LogP contribution in [0, 0.1) is 17.8 Å². The summed E-state index contributed by atoms with van der Waals surface area (Å²) in [7, 11) is 2.20. The minimum atomic E-state index is 0.974. The van der Waals surface area contributed by atoms with Gasteiger partial charge < -0.3 is 4.90 Å². The molecular weight excluding hydrogens is 142 g/mol. The molecule has 0 radical (unpaired) electrons. The molecule has 1 heterocycles. The topological polar surface area (TPSA) is 3.24 Å². The van der Waals surface area contributed by atoms with Gasteiger partial charge in [-0.1, -0.05) is 0 Å². The van der Waals surface area contributed by atoms with Crippen molar-refractivity contribution in [2.24, 2.45) is 17.8 Å². The van der Waals surface area contributed by atoms with Gasteiger partial charge in [0.25, 0.3) is 0 Å². The van der Waals surface area contributed by atoms with Gasteiger partial charge in [0.2, 0.25) is 0 Å². The minimum Gasteiger partial charge on any atom is -0.306 e. The molecule has 2 heteroatoms. The predicted octanol–water partition coefficient (Wildman–Crippen LogP) is 1.11. The molecule has 1 saturated carbocycles. The summed E-state index contributed by atoms with van der Waals surface area (Å²) >= 11 is 4.30. The number of thiol groups is 1. The normalized spacial score (nSPS) is 41.4. The number of hydrogen-bond acceptors (Lipinski definition) is 2. The molecule has 0 amide bonds. The third kappa shape index (κ3) is 1.08. The number of rotatable bonds is 2. The van der Waals surface area contributed by atoms with Gasteiger partial charge in [-0.15, -0.1) is 0 Å². The second-order valence-corrected chi connectivity index (χ2v) is 4.19. The zero-order valence-corrected chi connectivity index (χ0v) is 7.35. The molecule has 2 unspecified atom stereocenters. The first kappa shape index (κ1) is 6.99. The molecule has 1 saturated heterocycles. The van der Waals surface area contributed by atoms with E-state index in [9.17, 15) is 0 Å². The number of hydrogen-bond donors (Lipinski definition) is 1. The van der Waals surface area contributed by atoms with E-state index in [-0.39, 0.29) is 0 Å². The highest BCUT2D eigenvalue weighted by atomic mass is 32.1. The molecule has 10 heavy (non-hydrogen) atoms. The maximum absolute atomic E-state index is 4.30. The van der Waals surface area contributed by atoms with Crippen molar-refractivity contribution in [2.45, 2.75) is 6.42 Å². The van der Waals surface area contributed by atoms with Gasteiger partial charge in [0.1, 0.15) is 0 Å². The molecular formula is C8H15NS. The summed E-state index contributed by atoms with van der Waals surface area (Å²) in [5.74, 6) is 4.17. The van der Waals surface area contributed by atoms with Gasteiger partial charge in [-0.05, 0) is 37.0 Å². The molecule has 0 bridgehead atoms. The fourth-order valence-corrected chi connectivity index (χ4v) is 2.50. The average Bonchev–Trinajstić information content (AvgIpc) is 2.59. The van der Waals surface area contributed by atoms with E-state index >= 15 is 0 Å². The SMILES string of the molecule is CN1CC(C2CC2CS)C1. The van der Waals surface area contributed by atoms with Gasteiger partial charge in [0, 0.05) is 13.1 Å². The molecule has 0 spiro atoms. The van der Waals surface area contributed by atoms with Crippen LogP contribution in [0.5, 0.6) is 0 Å². The number of nitrogens with zero attached hydrogens (tertiary/aromatic N) is 1. The van der Waals surface area contributed by atoms with E-state index in [0.717, 1.165) is 23.5 Å².